The normalized spacial score (nSPS) is 26.8. The molecule has 3 aromatic rings. The number of nitrogens with two attached hydrogens (primary N) is 1. The van der Waals surface area contributed by atoms with Gasteiger partial charge in [0.25, 0.3) is 27.8 Å². The molecule has 432 valence electrons. The van der Waals surface area contributed by atoms with Crippen molar-refractivity contribution in [3.8, 4) is 0 Å². The van der Waals surface area contributed by atoms with Crippen LogP contribution in [-0.4, -0.2) is 169 Å². The quantitative estimate of drug-likeness (QED) is 0.00915. The molecule has 13 atom stereocenters. The molecule has 0 radical (unpaired) electrons. The van der Waals surface area contributed by atoms with E-state index in [0.717, 1.165) is 50.7 Å². The molecular weight excluding hydrogens is 1110 g/mol. The average molecular weight is 1180 g/mol. The van der Waals surface area contributed by atoms with Gasteiger partial charge in [-0.25, -0.2) is 24.1 Å². The Kier molecular flexibility index (Phi) is 24.7. The van der Waals surface area contributed by atoms with Gasteiger partial charge in [0.05, 0.1) is 31.6 Å². The second kappa shape index (κ2) is 30.4. The number of amides is 6. The zero-order valence-electron chi connectivity index (χ0n) is 43.4. The number of fused-ring (bicyclic) bond motifs is 2. The smallest absolute Gasteiger partial charge is 0.756 e. The van der Waals surface area contributed by atoms with Crippen molar-refractivity contribution >= 4 is 74.0 Å². The molecule has 0 aromatic carbocycles. The molecule has 0 bridgehead atoms. The fourth-order valence-corrected chi connectivity index (χ4v) is 12.8. The third kappa shape index (κ3) is 18.5. The van der Waals surface area contributed by atoms with Crippen LogP contribution in [-0.2, 0) is 46.3 Å². The van der Waals surface area contributed by atoms with Gasteiger partial charge < -0.3 is 86.4 Å². The summed E-state index contributed by atoms with van der Waals surface area (Å²) in [5, 5.41) is 60.6. The van der Waals surface area contributed by atoms with Gasteiger partial charge in [0.2, 0.25) is 17.7 Å². The number of aromatic nitrogens is 5. The summed E-state index contributed by atoms with van der Waals surface area (Å²) < 4.78 is 52.2. The van der Waals surface area contributed by atoms with Gasteiger partial charge in [0.15, 0.2) is 41.7 Å². The van der Waals surface area contributed by atoms with Crippen molar-refractivity contribution in [2.75, 3.05) is 50.5 Å². The van der Waals surface area contributed by atoms with Gasteiger partial charge in [-0.1, -0.05) is 19.3 Å². The second-order valence-electron chi connectivity index (χ2n) is 19.1. The van der Waals surface area contributed by atoms with E-state index in [4.69, 9.17) is 15.2 Å². The standard InChI is InChI=1S/C45H68N12O18P2S.Na/c46-40(65)26-10-9-19-56(20-26)43-38(63)36(61)28(73-43)21-71-76(67,68)75-77(69,70)72-22-29-37(62)39(64)44(74-29)57-25-53-35-41(51-24-52-42(35)57)50-18-17-49-33(60)13-4-2-8-15-47-31(58)12-3-1-7-16-48-32(59)14-6-5-11-30-34-27(23-78-30)54-45(66)55-34;/h9-10,19-20,24-25,27-30,34,36-39,43-44,61-64H,1-8,11-18,21-23H2,(H9-,46,47,48,49,50,51,52,54,55,58,59,60,65,66,67,68,69,70);/q;+1/p-1/t27-,28+,29+,30-,34-,36+,37+,38+,39+,43+,44+;/m0./s1. The van der Waals surface area contributed by atoms with E-state index in [1.54, 1.807) is 0 Å². The minimum atomic E-state index is -5.77. The number of nitrogens with one attached hydrogen (secondary N) is 6. The maximum atomic E-state index is 12.6. The Balaban J connectivity index is 0.0000101. The first kappa shape index (κ1) is 64.2. The van der Waals surface area contributed by atoms with Crippen LogP contribution in [0.2, 0.25) is 0 Å². The molecule has 0 aliphatic carbocycles. The third-order valence-corrected chi connectivity index (χ3v) is 17.4. The van der Waals surface area contributed by atoms with E-state index < -0.39 is 83.8 Å². The number of hydrogen-bond acceptors (Lipinski definition) is 23. The zero-order valence-corrected chi connectivity index (χ0v) is 48.0. The topological polar surface area (TPSA) is 438 Å². The Morgan fingerprint density at radius 1 is 0.797 bits per heavy atom. The Morgan fingerprint density at radius 2 is 1.41 bits per heavy atom. The van der Waals surface area contributed by atoms with E-state index in [9.17, 15) is 63.3 Å². The molecule has 12 N–H and O–H groups in total. The number of anilines is 1. The number of unbranched alkanes of at least 4 members (excludes halogenated alkanes) is 5. The Bertz CT molecular complexity index is 2650. The number of pyridine rings is 1. The van der Waals surface area contributed by atoms with E-state index in [-0.39, 0.29) is 107 Å². The van der Waals surface area contributed by atoms with Gasteiger partial charge in [-0.05, 0) is 44.6 Å². The molecule has 4 fully saturated rings. The molecule has 7 rings (SSSR count). The van der Waals surface area contributed by atoms with Crippen LogP contribution in [0.3, 0.4) is 0 Å². The second-order valence-corrected chi connectivity index (χ2v) is 23.3. The van der Waals surface area contributed by atoms with Crippen LogP contribution in [0.15, 0.2) is 37.2 Å². The number of imidazole rings is 1. The number of aliphatic hydroxyl groups excluding tert-OH is 4. The van der Waals surface area contributed by atoms with Crippen molar-refractivity contribution in [2.24, 2.45) is 5.73 Å². The number of urea groups is 1. The summed E-state index contributed by atoms with van der Waals surface area (Å²) in [6, 6.07) is 3.08. The molecule has 79 heavy (non-hydrogen) atoms. The van der Waals surface area contributed by atoms with Crippen molar-refractivity contribution in [3.05, 3.63) is 42.7 Å². The zero-order chi connectivity index (χ0) is 56.0. The van der Waals surface area contributed by atoms with E-state index >= 15 is 0 Å². The summed E-state index contributed by atoms with van der Waals surface area (Å²) >= 11 is 1.87. The Hall–Kier alpha value is -3.98. The molecule has 7 heterocycles. The maximum absolute atomic E-state index is 12.6. The van der Waals surface area contributed by atoms with E-state index in [1.165, 1.54) is 46.3 Å². The fourth-order valence-electron chi connectivity index (χ4n) is 9.23. The Morgan fingerprint density at radius 3 is 2.05 bits per heavy atom. The number of aliphatic hydroxyl groups is 4. The van der Waals surface area contributed by atoms with Crippen LogP contribution in [0.4, 0.5) is 10.6 Å². The summed E-state index contributed by atoms with van der Waals surface area (Å²) in [4.78, 5) is 97.8. The first-order valence-corrected chi connectivity index (χ1v) is 29.6. The van der Waals surface area contributed by atoms with Crippen molar-refractivity contribution in [2.45, 2.75) is 143 Å². The van der Waals surface area contributed by atoms with Gasteiger partial charge in [-0.3, -0.25) is 32.9 Å². The number of ether oxygens (including phenoxy) is 2. The minimum Gasteiger partial charge on any atom is -0.756 e. The van der Waals surface area contributed by atoms with Crippen LogP contribution in [0.1, 0.15) is 99.9 Å². The number of carbonyl (C=O) groups is 5. The van der Waals surface area contributed by atoms with Crippen molar-refractivity contribution in [1.82, 2.24) is 46.1 Å². The summed E-state index contributed by atoms with van der Waals surface area (Å²) in [6.07, 6.45) is 0.674. The van der Waals surface area contributed by atoms with Crippen molar-refractivity contribution < 1.29 is 120 Å². The summed E-state index contributed by atoms with van der Waals surface area (Å²) in [7, 11) is -11.5. The molecule has 4 aliphatic heterocycles. The minimum absolute atomic E-state index is 0. The maximum Gasteiger partial charge on any atom is 1.00 e. The average Bonchev–Trinajstić information content (AvgIpc) is 4.42. The van der Waals surface area contributed by atoms with Crippen LogP contribution < -0.4 is 81.5 Å². The number of primary amides is 1. The number of thioether (sulfide) groups is 1. The van der Waals surface area contributed by atoms with Gasteiger partial charge in [-0.2, -0.15) is 16.3 Å². The molecular formula is C45H67N12NaO18P2S. The van der Waals surface area contributed by atoms with Gasteiger partial charge in [0.1, 0.15) is 42.4 Å². The van der Waals surface area contributed by atoms with E-state index in [2.05, 4.69) is 60.2 Å². The van der Waals surface area contributed by atoms with Crippen LogP contribution in [0.5, 0.6) is 0 Å². The fraction of sp³-hybridized carbons (Fsp3) is 0.667. The molecule has 3 aromatic heterocycles. The molecule has 34 heteroatoms. The monoisotopic (exact) mass is 1180 g/mol. The predicted octanol–water partition coefficient (Wildman–Crippen LogP) is -5.25. The number of phosphoric acid groups is 2. The van der Waals surface area contributed by atoms with Crippen LogP contribution in [0.25, 0.3) is 11.2 Å². The number of carbonyl (C=O) groups excluding carboxylic acids is 5. The number of nitrogens with zero attached hydrogens (tertiary/aromatic N) is 5. The molecule has 0 spiro atoms. The van der Waals surface area contributed by atoms with E-state index in [0.29, 0.717) is 44.0 Å². The first-order valence-electron chi connectivity index (χ1n) is 25.7. The first-order chi connectivity index (χ1) is 37.3. The van der Waals surface area contributed by atoms with Crippen LogP contribution in [0, 0.1) is 0 Å². The molecule has 4 aliphatic rings. The van der Waals surface area contributed by atoms with Crippen molar-refractivity contribution in [1.29, 1.82) is 0 Å². The van der Waals surface area contributed by atoms with Gasteiger partial charge >= 0.3 is 35.6 Å². The molecule has 2 unspecified atom stereocenters. The number of phosphoric ester groups is 2. The molecule has 30 nitrogen and oxygen atoms in total. The SMILES string of the molecule is NC(=O)c1ccc[n+]([C@@H]2O[C@H](COP(=O)([O-])OP(=O)([O-])OC[C@H]3O[C@@H](n4cnc5c(NCCNC(=O)CCCCCNC(=O)CCCCCNC(=O)CCCC[C@@H]6SC[C@@H]7NC(=O)N[C@@H]76)ncnc54)[C@H](O)[C@@H]3O)[C@@H](O)[C@H]2O)c1.[Na+]. The third-order valence-electron chi connectivity index (χ3n) is 13.3. The summed E-state index contributed by atoms with van der Waals surface area (Å²) in [5.74, 6) is 0.221. The largest absolute Gasteiger partial charge is 1.00 e. The van der Waals surface area contributed by atoms with Gasteiger partial charge in [-0.15, -0.1) is 0 Å². The number of rotatable bonds is 32. The Labute approximate surface area is 480 Å². The predicted molar refractivity (Wildman–Crippen MR) is 269 cm³/mol. The summed E-state index contributed by atoms with van der Waals surface area (Å²) in [5.41, 5.74) is 5.67. The van der Waals surface area contributed by atoms with Gasteiger partial charge in [0, 0.05) is 62.5 Å². The van der Waals surface area contributed by atoms with E-state index in [1.807, 2.05) is 11.8 Å². The molecule has 6 amide bonds. The van der Waals surface area contributed by atoms with Crippen LogP contribution >= 0.6 is 27.4 Å². The molecule has 4 saturated heterocycles. The number of hydrogen-bond donors (Lipinski definition) is 11. The van der Waals surface area contributed by atoms with Crippen molar-refractivity contribution in [3.63, 3.8) is 0 Å². The molecule has 0 saturated carbocycles. The summed E-state index contributed by atoms with van der Waals surface area (Å²) in [6.45, 7) is -0.507.